The van der Waals surface area contributed by atoms with Crippen LogP contribution in [-0.4, -0.2) is 117 Å². The quantitative estimate of drug-likeness (QED) is 0.115. The Morgan fingerprint density at radius 2 is 0.973 bits per heavy atom. The maximum absolute atomic E-state index is 11.9. The van der Waals surface area contributed by atoms with Crippen LogP contribution in [0.1, 0.15) is 65.2 Å². The number of carbonyl (C=O) groups is 2. The molecule has 0 radical (unpaired) electrons. The Morgan fingerprint density at radius 3 is 1.32 bits per heavy atom. The van der Waals surface area contributed by atoms with Gasteiger partial charge in [0.1, 0.15) is 62.0 Å². The highest BCUT2D eigenvalue weighted by atomic mass is 16.8. The van der Waals surface area contributed by atoms with Crippen molar-refractivity contribution < 1.29 is 63.9 Å². The van der Waals surface area contributed by atoms with E-state index in [9.17, 15) is 40.2 Å². The molecule has 13 heteroatoms. The molecule has 0 spiro atoms. The van der Waals surface area contributed by atoms with Crippen molar-refractivity contribution >= 4 is 11.9 Å². The largest absolute Gasteiger partial charge is 0.463 e. The maximum atomic E-state index is 11.9. The lowest BCUT2D eigenvalue weighted by atomic mass is 9.98. The number of esters is 2. The molecule has 2 saturated heterocycles. The molecule has 2 aliphatic heterocycles. The Kier molecular flexibility index (Phi) is 13.6. The maximum Gasteiger partial charge on any atom is 0.305 e. The van der Waals surface area contributed by atoms with Gasteiger partial charge in [-0.05, 0) is 12.8 Å². The van der Waals surface area contributed by atoms with Gasteiger partial charge in [0.2, 0.25) is 0 Å². The Morgan fingerprint density at radius 1 is 0.595 bits per heavy atom. The van der Waals surface area contributed by atoms with Crippen molar-refractivity contribution in [1.82, 2.24) is 0 Å². The predicted molar refractivity (Wildman–Crippen MR) is 125 cm³/mol. The molecule has 2 aliphatic rings. The normalized spacial score (nSPS) is 36.2. The van der Waals surface area contributed by atoms with Crippen molar-refractivity contribution in [2.24, 2.45) is 0 Å². The van der Waals surface area contributed by atoms with Crippen LogP contribution < -0.4 is 0 Å². The molecule has 216 valence electrons. The average molecular weight is 539 g/mol. The number of rotatable bonds is 14. The first-order valence-electron chi connectivity index (χ1n) is 13.0. The molecule has 2 rings (SSSR count). The first-order chi connectivity index (χ1) is 17.6. The van der Waals surface area contributed by atoms with Gasteiger partial charge in [0.05, 0.1) is 0 Å². The van der Waals surface area contributed by atoms with Gasteiger partial charge in [-0.1, -0.05) is 39.5 Å². The van der Waals surface area contributed by atoms with Crippen molar-refractivity contribution in [3.8, 4) is 0 Å². The average Bonchev–Trinajstić information content (AvgIpc) is 2.88. The van der Waals surface area contributed by atoms with Gasteiger partial charge in [0, 0.05) is 12.8 Å². The van der Waals surface area contributed by atoms with Crippen molar-refractivity contribution in [2.75, 3.05) is 13.2 Å². The molecule has 0 aromatic carbocycles. The van der Waals surface area contributed by atoms with E-state index >= 15 is 0 Å². The summed E-state index contributed by atoms with van der Waals surface area (Å²) in [4.78, 5) is 23.8. The molecule has 0 bridgehead atoms. The van der Waals surface area contributed by atoms with Gasteiger partial charge >= 0.3 is 11.9 Å². The fourth-order valence-electron chi connectivity index (χ4n) is 4.00. The molecular formula is C24H42O13. The third kappa shape index (κ3) is 9.37. The summed E-state index contributed by atoms with van der Waals surface area (Å²) in [7, 11) is 0. The highest BCUT2D eigenvalue weighted by molar-refractivity contribution is 5.69. The molecule has 0 aliphatic carbocycles. The highest BCUT2D eigenvalue weighted by Gasteiger charge is 2.50. The second-order valence-corrected chi connectivity index (χ2v) is 9.45. The second kappa shape index (κ2) is 15.9. The summed E-state index contributed by atoms with van der Waals surface area (Å²) in [5.74, 6) is -1.03. The van der Waals surface area contributed by atoms with Gasteiger partial charge in [-0.2, -0.15) is 0 Å². The van der Waals surface area contributed by atoms with Gasteiger partial charge in [-0.15, -0.1) is 0 Å². The van der Waals surface area contributed by atoms with Crippen LogP contribution in [0.5, 0.6) is 0 Å². The number of carbonyl (C=O) groups excluding carboxylic acids is 2. The van der Waals surface area contributed by atoms with Crippen LogP contribution in [0.4, 0.5) is 0 Å². The van der Waals surface area contributed by atoms with Gasteiger partial charge in [-0.25, -0.2) is 0 Å². The van der Waals surface area contributed by atoms with Crippen molar-refractivity contribution in [1.29, 1.82) is 0 Å². The lowest BCUT2D eigenvalue weighted by molar-refractivity contribution is -0.376. The molecule has 0 aromatic rings. The molecule has 6 unspecified atom stereocenters. The molecule has 37 heavy (non-hydrogen) atoms. The number of aliphatic hydroxyl groups is 6. The third-order valence-electron chi connectivity index (χ3n) is 6.39. The van der Waals surface area contributed by atoms with E-state index in [0.717, 1.165) is 25.7 Å². The lowest BCUT2D eigenvalue weighted by Gasteiger charge is -2.44. The molecule has 0 amide bonds. The third-order valence-corrected chi connectivity index (χ3v) is 6.39. The van der Waals surface area contributed by atoms with E-state index in [-0.39, 0.29) is 12.8 Å². The fraction of sp³-hybridized carbons (Fsp3) is 0.917. The monoisotopic (exact) mass is 538 g/mol. The summed E-state index contributed by atoms with van der Waals surface area (Å²) >= 11 is 0. The number of hydrogen-bond donors (Lipinski definition) is 6. The molecule has 10 atom stereocenters. The second-order valence-electron chi connectivity index (χ2n) is 9.45. The number of unbranched alkanes of at least 4 members (excludes halogenated alkanes) is 4. The van der Waals surface area contributed by atoms with Crippen LogP contribution in [0.3, 0.4) is 0 Å². The van der Waals surface area contributed by atoms with Gasteiger partial charge in [0.15, 0.2) is 12.6 Å². The topological polar surface area (TPSA) is 202 Å². The summed E-state index contributed by atoms with van der Waals surface area (Å²) in [5, 5.41) is 61.7. The van der Waals surface area contributed by atoms with E-state index < -0.39 is 86.6 Å². The van der Waals surface area contributed by atoms with E-state index in [2.05, 4.69) is 0 Å². The zero-order valence-electron chi connectivity index (χ0n) is 21.4. The molecule has 2 fully saturated rings. The predicted octanol–water partition coefficient (Wildman–Crippen LogP) is -1.13. The van der Waals surface area contributed by atoms with Crippen LogP contribution in [0.2, 0.25) is 0 Å². The van der Waals surface area contributed by atoms with Crippen molar-refractivity contribution in [2.45, 2.75) is 127 Å². The zero-order chi connectivity index (χ0) is 27.5. The van der Waals surface area contributed by atoms with Crippen LogP contribution in [-0.2, 0) is 33.3 Å². The minimum atomic E-state index is -1.79. The molecule has 6 N–H and O–H groups in total. The van der Waals surface area contributed by atoms with Gasteiger partial charge in [0.25, 0.3) is 0 Å². The molecular weight excluding hydrogens is 496 g/mol. The molecule has 0 aromatic heterocycles. The Balaban J connectivity index is 1.96. The smallest absolute Gasteiger partial charge is 0.305 e. The van der Waals surface area contributed by atoms with E-state index in [1.54, 1.807) is 0 Å². The van der Waals surface area contributed by atoms with Crippen molar-refractivity contribution in [3.63, 3.8) is 0 Å². The van der Waals surface area contributed by atoms with Gasteiger partial charge < -0.3 is 54.3 Å². The van der Waals surface area contributed by atoms with Crippen LogP contribution in [0.25, 0.3) is 0 Å². The Labute approximate surface area is 216 Å². The summed E-state index contributed by atoms with van der Waals surface area (Å²) in [6, 6.07) is 0. The highest BCUT2D eigenvalue weighted by Crippen LogP contribution is 2.28. The molecule has 0 saturated carbocycles. The number of ether oxygens (including phenoxy) is 5. The van der Waals surface area contributed by atoms with E-state index in [4.69, 9.17) is 23.7 Å². The SMILES string of the molecule is CCCCCC(=O)OCC1O[C@H](O[C@H]2OC(COC(=O)CCCCC)[C@@H](O)C(O)C2O)C(O)C(O)[C@@H]1O. The number of hydrogen-bond acceptors (Lipinski definition) is 13. The summed E-state index contributed by atoms with van der Waals surface area (Å²) < 4.78 is 26.6. The minimum absolute atomic E-state index is 0.175. The van der Waals surface area contributed by atoms with E-state index in [0.29, 0.717) is 12.8 Å². The first kappa shape index (κ1) is 31.8. The van der Waals surface area contributed by atoms with E-state index in [1.807, 2.05) is 13.8 Å². The van der Waals surface area contributed by atoms with Crippen LogP contribution in [0.15, 0.2) is 0 Å². The van der Waals surface area contributed by atoms with Crippen LogP contribution in [0, 0.1) is 0 Å². The lowest BCUT2D eigenvalue weighted by Crippen LogP contribution is -2.64. The summed E-state index contributed by atoms with van der Waals surface area (Å²) in [6.07, 6.45) is -11.0. The van der Waals surface area contributed by atoms with Crippen LogP contribution >= 0.6 is 0 Å². The molecule has 2 heterocycles. The number of aliphatic hydroxyl groups excluding tert-OH is 6. The minimum Gasteiger partial charge on any atom is -0.463 e. The molecule has 13 nitrogen and oxygen atoms in total. The van der Waals surface area contributed by atoms with E-state index in [1.165, 1.54) is 0 Å². The Hall–Kier alpha value is -1.42. The standard InChI is InChI=1S/C24H42O13/c1-3-5-7-9-15(25)33-11-13-17(27)19(29)21(31)23(35-13)37-24-22(32)20(30)18(28)14(36-24)12-34-16(26)10-8-6-4-2/h13-14,17-24,27-32H,3-12H2,1-2H3/t13?,14?,17-,18-,19?,20?,21?,22?,23-,24-/m1/s1. The van der Waals surface area contributed by atoms with Crippen molar-refractivity contribution in [3.05, 3.63) is 0 Å². The summed E-state index contributed by atoms with van der Waals surface area (Å²) in [5.41, 5.74) is 0. The van der Waals surface area contributed by atoms with Gasteiger partial charge in [-0.3, -0.25) is 9.59 Å². The zero-order valence-corrected chi connectivity index (χ0v) is 21.4. The Bertz CT molecular complexity index is 636. The summed E-state index contributed by atoms with van der Waals surface area (Å²) in [6.45, 7) is 3.12. The first-order valence-corrected chi connectivity index (χ1v) is 13.0. The fourth-order valence-corrected chi connectivity index (χ4v) is 4.00.